The van der Waals surface area contributed by atoms with Crippen LogP contribution in [0.1, 0.15) is 5.69 Å². The molecule has 0 bridgehead atoms. The van der Waals surface area contributed by atoms with E-state index in [0.29, 0.717) is 0 Å². The first kappa shape index (κ1) is 13.8. The van der Waals surface area contributed by atoms with Crippen molar-refractivity contribution in [3.05, 3.63) is 84.7 Å². The van der Waals surface area contributed by atoms with Crippen LogP contribution in [0.15, 0.2) is 79.0 Å². The summed E-state index contributed by atoms with van der Waals surface area (Å²) < 4.78 is 0. The molecule has 0 aliphatic rings. The summed E-state index contributed by atoms with van der Waals surface area (Å²) in [6, 6.07) is 25.0. The molecule has 0 atom stereocenters. The Morgan fingerprint density at radius 1 is 0.762 bits per heavy atom. The molecule has 3 heteroatoms. The lowest BCUT2D eigenvalue weighted by atomic mass is 10.3. The smallest absolute Gasteiger partial charge is 0.0681 e. The van der Waals surface area contributed by atoms with E-state index in [-0.39, 0.29) is 0 Å². The number of nitrogen functional groups attached to an aromatic ring is 1. The van der Waals surface area contributed by atoms with E-state index >= 15 is 0 Å². The summed E-state index contributed by atoms with van der Waals surface area (Å²) in [6.45, 7) is 0. The molecule has 0 saturated carbocycles. The van der Waals surface area contributed by atoms with Gasteiger partial charge in [0.1, 0.15) is 0 Å². The van der Waals surface area contributed by atoms with Crippen LogP contribution in [0.25, 0.3) is 0 Å². The zero-order valence-electron chi connectivity index (χ0n) is 11.7. The third-order valence-corrected chi connectivity index (χ3v) is 5.83. The number of pyridine rings is 1. The Hall–Kier alpha value is -2.18. The van der Waals surface area contributed by atoms with Gasteiger partial charge in [0.05, 0.1) is 11.4 Å². The third-order valence-electron chi connectivity index (χ3n) is 3.37. The monoisotopic (exact) mass is 292 g/mol. The quantitative estimate of drug-likeness (QED) is 0.749. The molecule has 2 nitrogen and oxygen atoms in total. The minimum atomic E-state index is -0.486. The highest BCUT2D eigenvalue weighted by molar-refractivity contribution is 7.72. The predicted molar refractivity (Wildman–Crippen MR) is 91.4 cm³/mol. The van der Waals surface area contributed by atoms with Crippen LogP contribution in [-0.4, -0.2) is 4.98 Å². The van der Waals surface area contributed by atoms with Gasteiger partial charge in [-0.25, -0.2) is 0 Å². The van der Waals surface area contributed by atoms with Gasteiger partial charge >= 0.3 is 0 Å². The average molecular weight is 292 g/mol. The average Bonchev–Trinajstić information content (AvgIpc) is 2.56. The van der Waals surface area contributed by atoms with Crippen molar-refractivity contribution in [2.75, 3.05) is 5.73 Å². The van der Waals surface area contributed by atoms with Gasteiger partial charge < -0.3 is 5.73 Å². The summed E-state index contributed by atoms with van der Waals surface area (Å²) in [6.07, 6.45) is 2.69. The molecule has 0 amide bonds. The highest BCUT2D eigenvalue weighted by Gasteiger charge is 2.15. The lowest BCUT2D eigenvalue weighted by Crippen LogP contribution is -2.14. The molecule has 0 radical (unpaired) electrons. The third kappa shape index (κ3) is 3.29. The van der Waals surface area contributed by atoms with E-state index in [1.165, 1.54) is 10.6 Å². The van der Waals surface area contributed by atoms with Crippen molar-refractivity contribution in [1.82, 2.24) is 4.98 Å². The molecule has 1 heterocycles. The molecule has 1 aromatic heterocycles. The van der Waals surface area contributed by atoms with E-state index in [1.807, 2.05) is 18.3 Å². The molecule has 0 aliphatic heterocycles. The van der Waals surface area contributed by atoms with E-state index in [9.17, 15) is 0 Å². The summed E-state index contributed by atoms with van der Waals surface area (Å²) in [4.78, 5) is 4.46. The molecule has 0 fully saturated rings. The summed E-state index contributed by atoms with van der Waals surface area (Å²) in [5, 5.41) is 2.70. The van der Waals surface area contributed by atoms with E-state index < -0.39 is 7.92 Å². The Labute approximate surface area is 126 Å². The lowest BCUT2D eigenvalue weighted by molar-refractivity contribution is 1.18. The fraction of sp³-hybridized carbons (Fsp3) is 0.0556. The number of rotatable bonds is 4. The van der Waals surface area contributed by atoms with Crippen molar-refractivity contribution in [3.63, 3.8) is 0 Å². The van der Waals surface area contributed by atoms with Crippen molar-refractivity contribution in [2.24, 2.45) is 0 Å². The Morgan fingerprint density at radius 2 is 1.33 bits per heavy atom. The second kappa shape index (κ2) is 6.51. The van der Waals surface area contributed by atoms with E-state index in [4.69, 9.17) is 5.73 Å². The maximum Gasteiger partial charge on any atom is 0.0681 e. The molecule has 0 aliphatic carbocycles. The van der Waals surface area contributed by atoms with Crippen LogP contribution in [0.3, 0.4) is 0 Å². The zero-order valence-corrected chi connectivity index (χ0v) is 12.6. The molecule has 21 heavy (non-hydrogen) atoms. The van der Waals surface area contributed by atoms with Crippen molar-refractivity contribution in [3.8, 4) is 0 Å². The van der Waals surface area contributed by atoms with Gasteiger partial charge in [-0.15, -0.1) is 0 Å². The molecular formula is C18H17N2P. The number of anilines is 1. The molecule has 2 N–H and O–H groups in total. The first-order chi connectivity index (χ1) is 10.3. The van der Waals surface area contributed by atoms with Crippen molar-refractivity contribution >= 4 is 24.2 Å². The topological polar surface area (TPSA) is 38.9 Å². The number of aromatic nitrogens is 1. The first-order valence-corrected chi connectivity index (χ1v) is 8.44. The Kier molecular flexibility index (Phi) is 4.28. The molecule has 0 unspecified atom stereocenters. The van der Waals surface area contributed by atoms with Gasteiger partial charge in [-0.3, -0.25) is 4.98 Å². The van der Waals surface area contributed by atoms with Gasteiger partial charge in [-0.2, -0.15) is 0 Å². The van der Waals surface area contributed by atoms with Crippen LogP contribution >= 0.6 is 7.92 Å². The number of hydrogen-bond donors (Lipinski definition) is 1. The minimum absolute atomic E-state index is 0.486. The zero-order chi connectivity index (χ0) is 14.5. The molecule has 3 aromatic rings. The number of hydrogen-bond acceptors (Lipinski definition) is 2. The molecule has 0 saturated heterocycles. The van der Waals surface area contributed by atoms with E-state index in [0.717, 1.165) is 17.5 Å². The largest absolute Gasteiger partial charge is 0.397 e. The highest BCUT2D eigenvalue weighted by Crippen LogP contribution is 2.38. The van der Waals surface area contributed by atoms with Crippen molar-refractivity contribution < 1.29 is 0 Å². The number of nitrogens with two attached hydrogens (primary N) is 1. The second-order valence-electron chi connectivity index (χ2n) is 4.80. The molecule has 104 valence electrons. The van der Waals surface area contributed by atoms with Gasteiger partial charge in [0.2, 0.25) is 0 Å². The predicted octanol–water partition coefficient (Wildman–Crippen LogP) is 3.30. The van der Waals surface area contributed by atoms with Crippen LogP contribution in [0.4, 0.5) is 5.69 Å². The SMILES string of the molecule is Nc1cccnc1CP(c1ccccc1)c1ccccc1. The van der Waals surface area contributed by atoms with Crippen LogP contribution in [0, 0.1) is 0 Å². The van der Waals surface area contributed by atoms with Crippen molar-refractivity contribution in [1.29, 1.82) is 0 Å². The van der Waals surface area contributed by atoms with Crippen LogP contribution in [0.2, 0.25) is 0 Å². The lowest BCUT2D eigenvalue weighted by Gasteiger charge is -2.19. The van der Waals surface area contributed by atoms with E-state index in [1.54, 1.807) is 0 Å². The van der Waals surface area contributed by atoms with Gasteiger partial charge in [-0.1, -0.05) is 60.7 Å². The van der Waals surface area contributed by atoms with Gasteiger partial charge in [0.15, 0.2) is 0 Å². The molecule has 2 aromatic carbocycles. The standard InChI is InChI=1S/C18H17N2P/c19-17-12-7-13-20-18(17)14-21(15-8-3-1-4-9-15)16-10-5-2-6-11-16/h1-13H,14,19H2. The Morgan fingerprint density at radius 3 is 1.86 bits per heavy atom. The number of benzene rings is 2. The normalized spacial score (nSPS) is 10.7. The molecule has 0 spiro atoms. The fourth-order valence-corrected chi connectivity index (χ4v) is 4.57. The first-order valence-electron chi connectivity index (χ1n) is 6.91. The van der Waals surface area contributed by atoms with Gasteiger partial charge in [-0.05, 0) is 30.7 Å². The van der Waals surface area contributed by atoms with E-state index in [2.05, 4.69) is 65.6 Å². The summed E-state index contributed by atoms with van der Waals surface area (Å²) in [5.41, 5.74) is 7.83. The van der Waals surface area contributed by atoms with Crippen molar-refractivity contribution in [2.45, 2.75) is 6.16 Å². The summed E-state index contributed by atoms with van der Waals surface area (Å²) >= 11 is 0. The number of nitrogens with zero attached hydrogens (tertiary/aromatic N) is 1. The molecular weight excluding hydrogens is 275 g/mol. The summed E-state index contributed by atoms with van der Waals surface area (Å²) in [7, 11) is -0.486. The minimum Gasteiger partial charge on any atom is -0.397 e. The maximum absolute atomic E-state index is 6.07. The van der Waals surface area contributed by atoms with Crippen LogP contribution in [-0.2, 0) is 6.16 Å². The van der Waals surface area contributed by atoms with Gasteiger partial charge in [0, 0.05) is 12.4 Å². The Balaban J connectivity index is 1.99. The van der Waals surface area contributed by atoms with Gasteiger partial charge in [0.25, 0.3) is 0 Å². The maximum atomic E-state index is 6.07. The van der Waals surface area contributed by atoms with Crippen LogP contribution in [0.5, 0.6) is 0 Å². The second-order valence-corrected chi connectivity index (χ2v) is 7.00. The summed E-state index contributed by atoms with van der Waals surface area (Å²) in [5.74, 6) is 0. The highest BCUT2D eigenvalue weighted by atomic mass is 31.1. The fourth-order valence-electron chi connectivity index (χ4n) is 2.28. The molecule has 3 rings (SSSR count). The van der Waals surface area contributed by atoms with Crippen LogP contribution < -0.4 is 16.3 Å². The Bertz CT molecular complexity index is 659.